The van der Waals surface area contributed by atoms with Crippen molar-refractivity contribution in [3.05, 3.63) is 51.4 Å². The van der Waals surface area contributed by atoms with Crippen LogP contribution in [0.2, 0.25) is 0 Å². The summed E-state index contributed by atoms with van der Waals surface area (Å²) >= 11 is 1.45. The molecule has 0 bridgehead atoms. The number of sulfone groups is 1. The summed E-state index contributed by atoms with van der Waals surface area (Å²) in [6, 6.07) is 7.15. The fourth-order valence-electron chi connectivity index (χ4n) is 4.20. The van der Waals surface area contributed by atoms with Crippen molar-refractivity contribution in [2.24, 2.45) is 0 Å². The number of fused-ring (bicyclic) bond motifs is 1. The van der Waals surface area contributed by atoms with Crippen LogP contribution in [0.4, 0.5) is 5.00 Å². The van der Waals surface area contributed by atoms with Gasteiger partial charge in [0.25, 0.3) is 11.8 Å². The van der Waals surface area contributed by atoms with Crippen molar-refractivity contribution in [2.45, 2.75) is 57.9 Å². The van der Waals surface area contributed by atoms with Crippen molar-refractivity contribution in [1.29, 1.82) is 0 Å². The second-order valence-electron chi connectivity index (χ2n) is 9.42. The maximum Gasteiger partial charge on any atom is 0.256 e. The van der Waals surface area contributed by atoms with E-state index in [0.717, 1.165) is 35.3 Å². The molecule has 2 aromatic rings. The number of carbonyl (C=O) groups is 2. The lowest BCUT2D eigenvalue weighted by atomic mass is 9.87. The van der Waals surface area contributed by atoms with Crippen LogP contribution in [0.3, 0.4) is 0 Å². The minimum absolute atomic E-state index is 0.00252. The Kier molecular flexibility index (Phi) is 5.72. The van der Waals surface area contributed by atoms with Crippen molar-refractivity contribution >= 4 is 38.0 Å². The minimum Gasteiger partial charge on any atom is -0.348 e. The molecule has 1 saturated heterocycles. The summed E-state index contributed by atoms with van der Waals surface area (Å²) in [5.74, 6) is -0.460. The third-order valence-corrected chi connectivity index (χ3v) is 8.93. The highest BCUT2D eigenvalue weighted by Gasteiger charge is 2.32. The normalized spacial score (nSPS) is 19.8. The van der Waals surface area contributed by atoms with Gasteiger partial charge in [-0.1, -0.05) is 32.9 Å². The van der Waals surface area contributed by atoms with Crippen LogP contribution in [0, 0.1) is 0 Å². The standard InChI is InChI=1S/C23H28N2O4S2/c1-23(2,3)15-9-7-14(8-10-15)20(26)25-22-19(17-5-4-6-18(17)30-22)21(27)24-16-11-12-31(28,29)13-16/h7-10,16H,4-6,11-13H2,1-3H3,(H,24,27)(H,25,26)/t16-/m1/s1. The van der Waals surface area contributed by atoms with Crippen molar-refractivity contribution in [3.8, 4) is 0 Å². The second-order valence-corrected chi connectivity index (χ2v) is 12.8. The van der Waals surface area contributed by atoms with Crippen molar-refractivity contribution < 1.29 is 18.0 Å². The lowest BCUT2D eigenvalue weighted by Crippen LogP contribution is -2.36. The Bertz CT molecular complexity index is 1130. The van der Waals surface area contributed by atoms with E-state index in [1.807, 2.05) is 12.1 Å². The van der Waals surface area contributed by atoms with Crippen LogP contribution < -0.4 is 10.6 Å². The van der Waals surface area contributed by atoms with Gasteiger partial charge in [-0.05, 0) is 54.4 Å². The predicted molar refractivity (Wildman–Crippen MR) is 124 cm³/mol. The van der Waals surface area contributed by atoms with Crippen LogP contribution in [0.15, 0.2) is 24.3 Å². The summed E-state index contributed by atoms with van der Waals surface area (Å²) in [6.07, 6.45) is 3.12. The van der Waals surface area contributed by atoms with Gasteiger partial charge in [0.05, 0.1) is 17.1 Å². The Morgan fingerprint density at radius 2 is 1.77 bits per heavy atom. The minimum atomic E-state index is -3.08. The fourth-order valence-corrected chi connectivity index (χ4v) is 7.15. The Morgan fingerprint density at radius 1 is 1.06 bits per heavy atom. The maximum atomic E-state index is 13.1. The van der Waals surface area contributed by atoms with E-state index in [1.165, 1.54) is 11.3 Å². The van der Waals surface area contributed by atoms with Crippen LogP contribution in [0.25, 0.3) is 0 Å². The number of aryl methyl sites for hydroxylation is 1. The summed E-state index contributed by atoms with van der Waals surface area (Å²) in [6.45, 7) is 6.36. The zero-order valence-electron chi connectivity index (χ0n) is 18.1. The summed E-state index contributed by atoms with van der Waals surface area (Å²) in [4.78, 5) is 27.1. The van der Waals surface area contributed by atoms with E-state index in [-0.39, 0.29) is 34.8 Å². The number of carbonyl (C=O) groups excluding carboxylic acids is 2. The Labute approximate surface area is 187 Å². The van der Waals surface area contributed by atoms with E-state index in [2.05, 4.69) is 31.4 Å². The molecule has 6 nitrogen and oxygen atoms in total. The molecule has 2 aliphatic rings. The molecule has 1 atom stereocenters. The average Bonchev–Trinajstić information content (AvgIpc) is 3.35. The summed E-state index contributed by atoms with van der Waals surface area (Å²) < 4.78 is 23.5. The highest BCUT2D eigenvalue weighted by Crippen LogP contribution is 2.39. The molecule has 1 aliphatic carbocycles. The van der Waals surface area contributed by atoms with Gasteiger partial charge in [0.1, 0.15) is 5.00 Å². The molecule has 1 aliphatic heterocycles. The first-order chi connectivity index (χ1) is 14.5. The molecule has 0 radical (unpaired) electrons. The highest BCUT2D eigenvalue weighted by molar-refractivity contribution is 7.91. The third kappa shape index (κ3) is 4.70. The van der Waals surface area contributed by atoms with E-state index in [9.17, 15) is 18.0 Å². The molecular weight excluding hydrogens is 432 g/mol. The van der Waals surface area contributed by atoms with Gasteiger partial charge in [0.2, 0.25) is 0 Å². The summed E-state index contributed by atoms with van der Waals surface area (Å²) in [5, 5.41) is 6.37. The first-order valence-corrected chi connectivity index (χ1v) is 13.2. The number of anilines is 1. The third-order valence-electron chi connectivity index (χ3n) is 5.96. The zero-order valence-corrected chi connectivity index (χ0v) is 19.7. The van der Waals surface area contributed by atoms with E-state index in [4.69, 9.17) is 0 Å². The van der Waals surface area contributed by atoms with Crippen molar-refractivity contribution in [3.63, 3.8) is 0 Å². The number of amides is 2. The van der Waals surface area contributed by atoms with Gasteiger partial charge >= 0.3 is 0 Å². The Balaban J connectivity index is 1.55. The average molecular weight is 461 g/mol. The molecule has 1 aromatic heterocycles. The number of hydrogen-bond donors (Lipinski definition) is 2. The Morgan fingerprint density at radius 3 is 2.39 bits per heavy atom. The molecule has 1 aromatic carbocycles. The molecule has 4 rings (SSSR count). The maximum absolute atomic E-state index is 13.1. The number of benzene rings is 1. The topological polar surface area (TPSA) is 92.3 Å². The SMILES string of the molecule is CC(C)(C)c1ccc(C(=O)Nc2sc3c(c2C(=O)N[C@@H]2CCS(=O)(=O)C2)CCC3)cc1. The van der Waals surface area contributed by atoms with E-state index >= 15 is 0 Å². The van der Waals surface area contributed by atoms with E-state index < -0.39 is 9.84 Å². The van der Waals surface area contributed by atoms with E-state index in [1.54, 1.807) is 12.1 Å². The van der Waals surface area contributed by atoms with Gasteiger partial charge in [0, 0.05) is 16.5 Å². The summed E-state index contributed by atoms with van der Waals surface area (Å²) in [7, 11) is -3.08. The largest absolute Gasteiger partial charge is 0.348 e. The first-order valence-electron chi connectivity index (χ1n) is 10.6. The van der Waals surface area contributed by atoms with Crippen LogP contribution in [-0.2, 0) is 28.1 Å². The van der Waals surface area contributed by atoms with Crippen LogP contribution in [0.1, 0.15) is 70.3 Å². The zero-order chi connectivity index (χ0) is 22.4. The highest BCUT2D eigenvalue weighted by atomic mass is 32.2. The van der Waals surface area contributed by atoms with Crippen molar-refractivity contribution in [2.75, 3.05) is 16.8 Å². The lowest BCUT2D eigenvalue weighted by molar-refractivity contribution is 0.0941. The fraction of sp³-hybridized carbons (Fsp3) is 0.478. The molecule has 2 N–H and O–H groups in total. The van der Waals surface area contributed by atoms with E-state index in [0.29, 0.717) is 22.5 Å². The predicted octanol–water partition coefficient (Wildman–Crippen LogP) is 3.70. The van der Waals surface area contributed by atoms with Gasteiger partial charge in [-0.25, -0.2) is 8.42 Å². The van der Waals surface area contributed by atoms with Crippen LogP contribution in [-0.4, -0.2) is 37.8 Å². The molecule has 1 fully saturated rings. The molecule has 31 heavy (non-hydrogen) atoms. The van der Waals surface area contributed by atoms with Gasteiger partial charge in [-0.15, -0.1) is 11.3 Å². The van der Waals surface area contributed by atoms with Crippen LogP contribution in [0.5, 0.6) is 0 Å². The Hall–Kier alpha value is -2.19. The number of thiophene rings is 1. The molecule has 0 spiro atoms. The summed E-state index contributed by atoms with van der Waals surface area (Å²) in [5.41, 5.74) is 3.17. The molecular formula is C23H28N2O4S2. The lowest BCUT2D eigenvalue weighted by Gasteiger charge is -2.19. The quantitative estimate of drug-likeness (QED) is 0.728. The molecule has 2 amide bonds. The molecule has 2 heterocycles. The second kappa shape index (κ2) is 8.06. The molecule has 0 saturated carbocycles. The van der Waals surface area contributed by atoms with Gasteiger partial charge in [-0.3, -0.25) is 9.59 Å². The molecule has 166 valence electrons. The number of hydrogen-bond acceptors (Lipinski definition) is 5. The van der Waals surface area contributed by atoms with Gasteiger partial charge in [0.15, 0.2) is 9.84 Å². The van der Waals surface area contributed by atoms with Gasteiger partial charge < -0.3 is 10.6 Å². The first kappa shape index (κ1) is 22.0. The smallest absolute Gasteiger partial charge is 0.256 e. The van der Waals surface area contributed by atoms with Crippen LogP contribution >= 0.6 is 11.3 Å². The van der Waals surface area contributed by atoms with Crippen molar-refractivity contribution in [1.82, 2.24) is 5.32 Å². The molecule has 8 heteroatoms. The number of nitrogens with one attached hydrogen (secondary N) is 2. The monoisotopic (exact) mass is 460 g/mol. The number of rotatable bonds is 4. The molecule has 0 unspecified atom stereocenters. The van der Waals surface area contributed by atoms with Gasteiger partial charge in [-0.2, -0.15) is 0 Å².